The lowest BCUT2D eigenvalue weighted by Gasteiger charge is -1.97. The molecule has 0 aromatic carbocycles. The van der Waals surface area contributed by atoms with Crippen molar-refractivity contribution in [2.45, 2.75) is 20.3 Å². The molecule has 2 N–H and O–H groups in total. The van der Waals surface area contributed by atoms with Gasteiger partial charge >= 0.3 is 0 Å². The maximum Gasteiger partial charge on any atom is 0.293 e. The van der Waals surface area contributed by atoms with E-state index in [4.69, 9.17) is 9.62 Å². The van der Waals surface area contributed by atoms with Crippen LogP contribution in [0.5, 0.6) is 0 Å². The van der Waals surface area contributed by atoms with Gasteiger partial charge in [0.2, 0.25) is 0 Å². The Morgan fingerprint density at radius 1 is 1.58 bits per heavy atom. The van der Waals surface area contributed by atoms with E-state index in [9.17, 15) is 4.79 Å². The number of nitrogens with one attached hydrogen (secondary N) is 1. The third-order valence-electron chi connectivity index (χ3n) is 2.48. The molecule has 0 saturated heterocycles. The van der Waals surface area contributed by atoms with Gasteiger partial charge in [-0.1, -0.05) is 12.1 Å². The largest absolute Gasteiger partial charge is 0.456 e. The third kappa shape index (κ3) is 3.00. The zero-order valence-electron chi connectivity index (χ0n) is 10.5. The van der Waals surface area contributed by atoms with Crippen LogP contribution in [0.3, 0.4) is 0 Å². The summed E-state index contributed by atoms with van der Waals surface area (Å²) >= 11 is 1.25. The van der Waals surface area contributed by atoms with E-state index in [0.29, 0.717) is 16.5 Å². The van der Waals surface area contributed by atoms with Crippen LogP contribution in [0.15, 0.2) is 27.1 Å². The summed E-state index contributed by atoms with van der Waals surface area (Å²) in [6, 6.07) is 3.40. The topological polar surface area (TPSA) is 87.7 Å². The van der Waals surface area contributed by atoms with Gasteiger partial charge in [0.15, 0.2) is 10.9 Å². The molecule has 0 atom stereocenters. The molecule has 0 aliphatic carbocycles. The first-order valence-electron chi connectivity index (χ1n) is 5.68. The Hall–Kier alpha value is -2.15. The van der Waals surface area contributed by atoms with Crippen LogP contribution in [0.4, 0.5) is 5.13 Å². The predicted molar refractivity (Wildman–Crippen MR) is 72.2 cm³/mol. The molecule has 0 aliphatic heterocycles. The summed E-state index contributed by atoms with van der Waals surface area (Å²) in [5.41, 5.74) is 0.916. The zero-order chi connectivity index (χ0) is 13.8. The maximum absolute atomic E-state index is 11.9. The molecule has 7 heteroatoms. The van der Waals surface area contributed by atoms with Crippen molar-refractivity contribution >= 4 is 28.1 Å². The van der Waals surface area contributed by atoms with Crippen LogP contribution in [-0.2, 0) is 6.42 Å². The SMILES string of the molecule is CCc1ccc(C(=O)Nc2nc(C(C)=NO)cs2)o1. The molecule has 0 saturated carbocycles. The van der Waals surface area contributed by atoms with Gasteiger partial charge in [0, 0.05) is 11.8 Å². The second-order valence-electron chi connectivity index (χ2n) is 3.80. The molecule has 0 bridgehead atoms. The van der Waals surface area contributed by atoms with E-state index in [1.165, 1.54) is 11.3 Å². The highest BCUT2D eigenvalue weighted by molar-refractivity contribution is 7.14. The minimum absolute atomic E-state index is 0.251. The molecule has 0 fully saturated rings. The molecule has 6 nitrogen and oxygen atoms in total. The van der Waals surface area contributed by atoms with Gasteiger partial charge in [0.05, 0.1) is 0 Å². The minimum Gasteiger partial charge on any atom is -0.456 e. The summed E-state index contributed by atoms with van der Waals surface area (Å²) in [6.45, 7) is 3.57. The number of carbonyl (C=O) groups excluding carboxylic acids is 1. The standard InChI is InChI=1S/C12H13N3O3S/c1-3-8-4-5-10(18-8)11(16)14-12-13-9(6-19-12)7(2)15-17/h4-6,17H,3H2,1-2H3,(H,13,14,16). The van der Waals surface area contributed by atoms with Crippen molar-refractivity contribution in [1.29, 1.82) is 0 Å². The molecule has 2 aromatic heterocycles. The summed E-state index contributed by atoms with van der Waals surface area (Å²) in [5, 5.41) is 16.5. The van der Waals surface area contributed by atoms with Crippen molar-refractivity contribution in [2.75, 3.05) is 5.32 Å². The number of hydrogen-bond donors (Lipinski definition) is 2. The van der Waals surface area contributed by atoms with Crippen LogP contribution >= 0.6 is 11.3 Å². The molecular formula is C12H13N3O3S. The lowest BCUT2D eigenvalue weighted by atomic mass is 10.3. The third-order valence-corrected chi connectivity index (χ3v) is 3.24. The number of hydrogen-bond acceptors (Lipinski definition) is 6. The number of anilines is 1. The van der Waals surface area contributed by atoms with E-state index >= 15 is 0 Å². The van der Waals surface area contributed by atoms with Crippen molar-refractivity contribution in [3.63, 3.8) is 0 Å². The van der Waals surface area contributed by atoms with Gasteiger partial charge in [0.25, 0.3) is 5.91 Å². The van der Waals surface area contributed by atoms with Crippen LogP contribution < -0.4 is 5.32 Å². The summed E-state index contributed by atoms with van der Waals surface area (Å²) in [6.07, 6.45) is 0.737. The second-order valence-corrected chi connectivity index (χ2v) is 4.66. The normalized spacial score (nSPS) is 11.6. The molecule has 2 aromatic rings. The van der Waals surface area contributed by atoms with E-state index in [1.807, 2.05) is 6.92 Å². The maximum atomic E-state index is 11.9. The van der Waals surface area contributed by atoms with Crippen molar-refractivity contribution in [3.8, 4) is 0 Å². The fraction of sp³-hybridized carbons (Fsp3) is 0.250. The lowest BCUT2D eigenvalue weighted by molar-refractivity contribution is 0.0995. The second kappa shape index (κ2) is 5.66. The number of rotatable bonds is 4. The van der Waals surface area contributed by atoms with Gasteiger partial charge in [-0.2, -0.15) is 0 Å². The number of oxime groups is 1. The molecule has 2 heterocycles. The van der Waals surface area contributed by atoms with Crippen molar-refractivity contribution in [3.05, 3.63) is 34.7 Å². The molecule has 100 valence electrons. The lowest BCUT2D eigenvalue weighted by Crippen LogP contribution is -2.11. The molecular weight excluding hydrogens is 266 g/mol. The molecule has 0 aliphatic rings. The molecule has 0 spiro atoms. The summed E-state index contributed by atoms with van der Waals surface area (Å²) in [5.74, 6) is 0.661. The van der Waals surface area contributed by atoms with E-state index in [2.05, 4.69) is 15.5 Å². The average Bonchev–Trinajstić information content (AvgIpc) is 3.06. The summed E-state index contributed by atoms with van der Waals surface area (Å²) in [7, 11) is 0. The zero-order valence-corrected chi connectivity index (χ0v) is 11.3. The van der Waals surface area contributed by atoms with Gasteiger partial charge in [-0.25, -0.2) is 4.98 Å². The minimum atomic E-state index is -0.348. The highest BCUT2D eigenvalue weighted by Crippen LogP contribution is 2.18. The Balaban J connectivity index is 2.08. The molecule has 19 heavy (non-hydrogen) atoms. The van der Waals surface area contributed by atoms with Gasteiger partial charge in [-0.05, 0) is 19.1 Å². The quantitative estimate of drug-likeness (QED) is 0.511. The number of aromatic nitrogens is 1. The Labute approximate surface area is 113 Å². The number of thiazole rings is 1. The van der Waals surface area contributed by atoms with Crippen molar-refractivity contribution in [1.82, 2.24) is 4.98 Å². The number of nitrogens with zero attached hydrogens (tertiary/aromatic N) is 2. The first-order valence-corrected chi connectivity index (χ1v) is 6.56. The first kappa shape index (κ1) is 13.3. The highest BCUT2D eigenvalue weighted by atomic mass is 32.1. The van der Waals surface area contributed by atoms with Crippen LogP contribution in [0.25, 0.3) is 0 Å². The van der Waals surface area contributed by atoms with Crippen LogP contribution in [0.1, 0.15) is 35.9 Å². The smallest absolute Gasteiger partial charge is 0.293 e. The van der Waals surface area contributed by atoms with Crippen LogP contribution in [-0.4, -0.2) is 21.8 Å². The highest BCUT2D eigenvalue weighted by Gasteiger charge is 2.13. The Morgan fingerprint density at radius 2 is 2.37 bits per heavy atom. The van der Waals surface area contributed by atoms with Crippen molar-refractivity contribution in [2.24, 2.45) is 5.16 Å². The Kier molecular flexibility index (Phi) is 3.96. The average molecular weight is 279 g/mol. The predicted octanol–water partition coefficient (Wildman–Crippen LogP) is 2.75. The molecule has 2 rings (SSSR count). The monoisotopic (exact) mass is 279 g/mol. The number of amides is 1. The van der Waals surface area contributed by atoms with Gasteiger partial charge in [-0.3, -0.25) is 10.1 Å². The van der Waals surface area contributed by atoms with E-state index < -0.39 is 0 Å². The number of aryl methyl sites for hydroxylation is 1. The van der Waals surface area contributed by atoms with Crippen LogP contribution in [0.2, 0.25) is 0 Å². The number of furan rings is 1. The summed E-state index contributed by atoms with van der Waals surface area (Å²) < 4.78 is 5.34. The van der Waals surface area contributed by atoms with Gasteiger partial charge in [-0.15, -0.1) is 11.3 Å². The fourth-order valence-corrected chi connectivity index (χ4v) is 2.15. The number of carbonyl (C=O) groups is 1. The Bertz CT molecular complexity index is 615. The molecule has 0 unspecified atom stereocenters. The van der Waals surface area contributed by atoms with E-state index in [0.717, 1.165) is 12.2 Å². The van der Waals surface area contributed by atoms with E-state index in [1.54, 1.807) is 24.4 Å². The molecule has 1 amide bonds. The van der Waals surface area contributed by atoms with Gasteiger partial charge < -0.3 is 9.62 Å². The first-order chi connectivity index (χ1) is 9.13. The Morgan fingerprint density at radius 3 is 3.00 bits per heavy atom. The summed E-state index contributed by atoms with van der Waals surface area (Å²) in [4.78, 5) is 16.0. The fourth-order valence-electron chi connectivity index (χ4n) is 1.40. The molecule has 0 radical (unpaired) electrons. The van der Waals surface area contributed by atoms with Crippen LogP contribution in [0, 0.1) is 0 Å². The van der Waals surface area contributed by atoms with Gasteiger partial charge in [0.1, 0.15) is 17.2 Å². The van der Waals surface area contributed by atoms with Crippen molar-refractivity contribution < 1.29 is 14.4 Å². The van der Waals surface area contributed by atoms with E-state index in [-0.39, 0.29) is 11.7 Å².